The van der Waals surface area contributed by atoms with E-state index < -0.39 is 121 Å². The third-order valence-electron chi connectivity index (χ3n) is 15.5. The zero-order valence-electron chi connectivity index (χ0n) is 51.0. The molecule has 0 saturated carbocycles. The first-order valence-electron chi connectivity index (χ1n) is 28.2. The van der Waals surface area contributed by atoms with E-state index in [0.717, 1.165) is 24.3 Å². The fraction of sp³-hybridized carbons (Fsp3) is 0.161. The minimum absolute atomic E-state index is 0.000693. The number of alkyl halides is 15. The highest BCUT2D eigenvalue weighted by atomic mass is 19.4. The smallest absolute Gasteiger partial charge is 0.370 e. The molecule has 0 bridgehead atoms. The molecule has 0 unspecified atom stereocenters. The quantitative estimate of drug-likeness (QED) is 0.0590. The van der Waals surface area contributed by atoms with Gasteiger partial charge in [-0.15, -0.1) is 9.97 Å². The highest BCUT2D eigenvalue weighted by molar-refractivity contribution is 6.21. The van der Waals surface area contributed by atoms with Gasteiger partial charge in [0.05, 0.1) is 61.2 Å². The summed E-state index contributed by atoms with van der Waals surface area (Å²) >= 11 is 0. The van der Waals surface area contributed by atoms with E-state index in [9.17, 15) is 93.9 Å². The van der Waals surface area contributed by atoms with Gasteiger partial charge in [0.25, 0.3) is 35.4 Å². The van der Waals surface area contributed by atoms with E-state index >= 15 is 0 Å². The zero-order chi connectivity index (χ0) is 74.5. The number of benzene rings is 6. The topological polar surface area (TPSA) is 288 Å². The van der Waals surface area contributed by atoms with Crippen LogP contribution in [0.25, 0.3) is 142 Å². The van der Waals surface area contributed by atoms with Gasteiger partial charge in [-0.05, 0) is 87.7 Å². The van der Waals surface area contributed by atoms with Crippen LogP contribution in [0.3, 0.4) is 0 Å². The minimum atomic E-state index is -5.56. The predicted molar refractivity (Wildman–Crippen MR) is 320 cm³/mol. The summed E-state index contributed by atoms with van der Waals surface area (Å²) in [7, 11) is 0. The maximum atomic E-state index is 13.8. The van der Waals surface area contributed by atoms with Gasteiger partial charge in [-0.3, -0.25) is 0 Å². The average Bonchev–Trinajstić information content (AvgIpc) is 0.729. The Hall–Kier alpha value is -13.2. The molecule has 9 aromatic heterocycles. The molecule has 22 nitrogen and oxygen atoms in total. The van der Waals surface area contributed by atoms with Gasteiger partial charge in [-0.1, -0.05) is 13.1 Å². The lowest BCUT2D eigenvalue weighted by atomic mass is 10.1. The maximum absolute atomic E-state index is 13.8. The van der Waals surface area contributed by atoms with Crippen molar-refractivity contribution in [1.29, 1.82) is 10.5 Å². The number of hydrogen-bond acceptors (Lipinski definition) is 20. The van der Waals surface area contributed by atoms with E-state index in [4.69, 9.17) is 13.1 Å². The Kier molecular flexibility index (Phi) is 15.6. The fourth-order valence-electron chi connectivity index (χ4n) is 10.9. The van der Waals surface area contributed by atoms with Gasteiger partial charge in [0, 0.05) is 0 Å². The monoisotopic (exact) mass is 1430 g/mol. The van der Waals surface area contributed by atoms with Gasteiger partial charge in [0.2, 0.25) is 11.0 Å². The molecule has 0 amide bonds. The van der Waals surface area contributed by atoms with Gasteiger partial charge >= 0.3 is 30.9 Å². The molecule has 9 heterocycles. The Morgan fingerprint density at radius 2 is 0.485 bits per heavy atom. The molecular weight excluding hydrogens is 1410 g/mol. The van der Waals surface area contributed by atoms with Crippen LogP contribution in [0.5, 0.6) is 0 Å². The molecule has 6 aromatic carbocycles. The normalized spacial score (nSPS) is 12.4. The van der Waals surface area contributed by atoms with Crippen molar-refractivity contribution in [3.63, 3.8) is 0 Å². The van der Waals surface area contributed by atoms with Crippen LogP contribution in [0.15, 0.2) is 36.4 Å². The van der Waals surface area contributed by atoms with E-state index in [-0.39, 0.29) is 139 Å². The van der Waals surface area contributed by atoms with Crippen molar-refractivity contribution in [2.75, 3.05) is 0 Å². The molecule has 0 aliphatic heterocycles. The van der Waals surface area contributed by atoms with Crippen LogP contribution in [-0.2, 0) is 30.9 Å². The molecule has 0 N–H and O–H groups in total. The van der Waals surface area contributed by atoms with Crippen LogP contribution in [-0.4, -0.2) is 89.7 Å². The minimum Gasteiger partial charge on any atom is -0.370 e. The second kappa shape index (κ2) is 23.5. The fourth-order valence-corrected chi connectivity index (χ4v) is 10.9. The SMILES string of the molecule is Cc1cc2nc3c4nc(C)c(C)nc4c4nc(C(F)(F)F)c(C(F)(F)F)nc4c3nc2cc1C(F)(F)F.Cc1cc2nc3c4nc(F)c(F)nc4c4nc(F)c(F)nc4c3nc2cc1C(F)(F)F.[C-]#[N+]c1nc2c3nc(C#N)c(C#N)nc3c3nc4cc(C(F)(F)F)c(C)cc4nc3c2nc1[N+]#[C-]. The second-order valence-electron chi connectivity index (χ2n) is 22.1. The first-order chi connectivity index (χ1) is 48.2. The van der Waals surface area contributed by atoms with Crippen LogP contribution in [0, 0.1) is 94.2 Å². The van der Waals surface area contributed by atoms with Gasteiger partial charge in [-0.2, -0.15) is 93.9 Å². The molecule has 103 heavy (non-hydrogen) atoms. The summed E-state index contributed by atoms with van der Waals surface area (Å²) in [6.45, 7) is 21.3. The molecule has 41 heteroatoms. The van der Waals surface area contributed by atoms with E-state index in [1.807, 2.05) is 0 Å². The maximum Gasteiger partial charge on any atom is 0.435 e. The number of hydrogen-bond donors (Lipinski definition) is 0. The first kappa shape index (κ1) is 68.3. The molecule has 15 aromatic rings. The van der Waals surface area contributed by atoms with Crippen LogP contribution in [0.1, 0.15) is 67.5 Å². The Morgan fingerprint density at radius 3 is 0.709 bits per heavy atom. The van der Waals surface area contributed by atoms with Gasteiger partial charge in [0.1, 0.15) is 100 Å². The number of fused-ring (bicyclic) bond motifs is 21. The Morgan fingerprint density at radius 1 is 0.282 bits per heavy atom. The van der Waals surface area contributed by atoms with Crippen molar-refractivity contribution in [1.82, 2.24) is 89.7 Å². The lowest BCUT2D eigenvalue weighted by Crippen LogP contribution is -2.21. The van der Waals surface area contributed by atoms with Crippen molar-refractivity contribution in [2.45, 2.75) is 65.5 Å². The number of rotatable bonds is 0. The van der Waals surface area contributed by atoms with Crippen molar-refractivity contribution < 1.29 is 83.4 Å². The van der Waals surface area contributed by atoms with Crippen molar-refractivity contribution in [2.24, 2.45) is 0 Å². The standard InChI is InChI=1S/C22H11F9N6.C22H5F3N10.C18H5F7N6/c1-6-4-10-11(5-9(6)20(23,24)25)35-15-14(34-10)12-13(33-8(3)7(2)32-12)16-17(15)37-19(22(29,30)31)18(36-16)21(26,27)28;1-8-4-10-11(5-9(8)22(23,24)25)31-14-15-17(33-13(7-27)12(6-26)32-15)19-18(16(14)30-10)34-20(28-2)21(29-3)35-19;1-4-2-6-7(3-5(4)18(23,24)25)27-9-8(26-6)10-12(30-16(21)14(19)28-10)13-11(9)29-15(20)17(22)31-13/h4-5H,1-3H3;4-5H,1H3;2-3H,1H3. The summed E-state index contributed by atoms with van der Waals surface area (Å²) in [6.07, 6.45) is -25.2. The third kappa shape index (κ3) is 11.5. The molecule has 0 saturated heterocycles. The average molecular weight is 1430 g/mol. The van der Waals surface area contributed by atoms with Gasteiger partial charge < -0.3 is 9.69 Å². The van der Waals surface area contributed by atoms with E-state index in [2.05, 4.69) is 99.4 Å². The molecule has 512 valence electrons. The molecule has 0 aliphatic rings. The van der Waals surface area contributed by atoms with E-state index in [0.29, 0.717) is 11.8 Å². The number of nitriles is 2. The van der Waals surface area contributed by atoms with Gasteiger partial charge in [0.15, 0.2) is 22.8 Å². The summed E-state index contributed by atoms with van der Waals surface area (Å²) in [4.78, 5) is 76.9. The number of aromatic nitrogens is 18. The molecule has 0 spiro atoms. The zero-order valence-corrected chi connectivity index (χ0v) is 51.0. The summed E-state index contributed by atoms with van der Waals surface area (Å²) in [6, 6.07) is 9.16. The number of nitrogens with zero attached hydrogens (tertiary/aromatic N) is 22. The first-order valence-corrected chi connectivity index (χ1v) is 28.2. The highest BCUT2D eigenvalue weighted by Gasteiger charge is 2.47. The highest BCUT2D eigenvalue weighted by Crippen LogP contribution is 2.44. The largest absolute Gasteiger partial charge is 0.435 e. The van der Waals surface area contributed by atoms with E-state index in [1.165, 1.54) is 40.7 Å². The van der Waals surface area contributed by atoms with Crippen molar-refractivity contribution in [3.05, 3.63) is 151 Å². The Labute approximate surface area is 554 Å². The van der Waals surface area contributed by atoms with Crippen LogP contribution >= 0.6 is 0 Å². The van der Waals surface area contributed by atoms with Crippen LogP contribution in [0.2, 0.25) is 0 Å². The molecule has 0 aliphatic carbocycles. The van der Waals surface area contributed by atoms with E-state index in [1.54, 1.807) is 12.1 Å². The lowest BCUT2D eigenvalue weighted by Gasteiger charge is -2.16. The summed E-state index contributed by atoms with van der Waals surface area (Å²) < 4.78 is 257. The number of halogens is 19. The Balaban J connectivity index is 0.000000138. The summed E-state index contributed by atoms with van der Waals surface area (Å²) in [5.74, 6) is -7.15. The number of aryl methyl sites for hydroxylation is 5. The Bertz CT molecular complexity index is 6550. The molecule has 15 rings (SSSR count). The second-order valence-corrected chi connectivity index (χ2v) is 22.1. The molecule has 0 atom stereocenters. The molecule has 0 radical (unpaired) electrons. The van der Waals surface area contributed by atoms with Gasteiger partial charge in [-0.25, -0.2) is 79.7 Å². The van der Waals surface area contributed by atoms with Crippen LogP contribution < -0.4 is 0 Å². The van der Waals surface area contributed by atoms with Crippen molar-refractivity contribution in [3.8, 4) is 12.1 Å². The van der Waals surface area contributed by atoms with Crippen molar-refractivity contribution >= 4 is 144 Å². The van der Waals surface area contributed by atoms with Crippen LogP contribution in [0.4, 0.5) is 95.1 Å². The molecular formula is C62H21F19N22. The summed E-state index contributed by atoms with van der Waals surface area (Å²) in [5.41, 5.74) is -13.9. The molecule has 0 fully saturated rings. The predicted octanol–water partition coefficient (Wildman–Crippen LogP) is 16.0. The lowest BCUT2D eigenvalue weighted by molar-refractivity contribution is -0.167. The summed E-state index contributed by atoms with van der Waals surface area (Å²) in [5, 5.41) is 18.8. The third-order valence-corrected chi connectivity index (χ3v) is 15.5.